The molecule has 0 saturated carbocycles. The van der Waals surface area contributed by atoms with Crippen LogP contribution in [0.4, 0.5) is 17.6 Å². The molecule has 17 heavy (non-hydrogen) atoms. The maximum absolute atomic E-state index is 13.2. The Balaban J connectivity index is 3.09. The van der Waals surface area contributed by atoms with Crippen molar-refractivity contribution in [1.82, 2.24) is 0 Å². The SMILES string of the molecule is CCC(C)C(=O)c1ccc(C(F)(F)F)c(F)c1. The number of ketones is 1. The quantitative estimate of drug-likeness (QED) is 0.582. The highest BCUT2D eigenvalue weighted by Gasteiger charge is 2.34. The molecule has 0 aromatic heterocycles. The van der Waals surface area contributed by atoms with Gasteiger partial charge < -0.3 is 0 Å². The summed E-state index contributed by atoms with van der Waals surface area (Å²) in [7, 11) is 0. The third-order valence-corrected chi connectivity index (χ3v) is 2.62. The predicted octanol–water partition coefficient (Wildman–Crippen LogP) is 4.07. The standard InChI is InChI=1S/C12H12F4O/c1-3-7(2)11(17)8-4-5-9(10(13)6-8)12(14,15)16/h4-7H,3H2,1-2H3. The normalized spacial score (nSPS) is 13.5. The lowest BCUT2D eigenvalue weighted by Gasteiger charge is -2.11. The first-order valence-corrected chi connectivity index (χ1v) is 5.18. The molecule has 0 N–H and O–H groups in total. The Morgan fingerprint density at radius 2 is 1.94 bits per heavy atom. The zero-order chi connectivity index (χ0) is 13.2. The molecule has 0 aliphatic carbocycles. The summed E-state index contributed by atoms with van der Waals surface area (Å²) in [6.45, 7) is 3.43. The van der Waals surface area contributed by atoms with Crippen LogP contribution in [0, 0.1) is 11.7 Å². The van der Waals surface area contributed by atoms with Gasteiger partial charge >= 0.3 is 6.18 Å². The summed E-state index contributed by atoms with van der Waals surface area (Å²) >= 11 is 0. The summed E-state index contributed by atoms with van der Waals surface area (Å²) in [6.07, 6.45) is -4.18. The van der Waals surface area contributed by atoms with Crippen molar-refractivity contribution in [3.05, 3.63) is 35.1 Å². The molecule has 0 amide bonds. The van der Waals surface area contributed by atoms with Gasteiger partial charge in [-0.05, 0) is 18.6 Å². The lowest BCUT2D eigenvalue weighted by molar-refractivity contribution is -0.140. The fourth-order valence-electron chi connectivity index (χ4n) is 1.37. The topological polar surface area (TPSA) is 17.1 Å². The van der Waals surface area contributed by atoms with E-state index in [1.54, 1.807) is 13.8 Å². The van der Waals surface area contributed by atoms with Crippen molar-refractivity contribution in [3.63, 3.8) is 0 Å². The number of Topliss-reactive ketones (excluding diaryl/α,β-unsaturated/α-hetero) is 1. The monoisotopic (exact) mass is 248 g/mol. The van der Waals surface area contributed by atoms with E-state index in [0.717, 1.165) is 6.07 Å². The Hall–Kier alpha value is -1.39. The molecular weight excluding hydrogens is 236 g/mol. The lowest BCUT2D eigenvalue weighted by Crippen LogP contribution is -2.13. The summed E-state index contributed by atoms with van der Waals surface area (Å²) in [6, 6.07) is 2.27. The molecular formula is C12H12F4O. The van der Waals surface area contributed by atoms with Gasteiger partial charge in [-0.3, -0.25) is 4.79 Å². The molecule has 0 radical (unpaired) electrons. The lowest BCUT2D eigenvalue weighted by atomic mass is 9.96. The molecule has 1 aromatic rings. The zero-order valence-corrected chi connectivity index (χ0v) is 9.44. The maximum Gasteiger partial charge on any atom is 0.419 e. The summed E-state index contributed by atoms with van der Waals surface area (Å²) in [5.41, 5.74) is -1.37. The van der Waals surface area contributed by atoms with E-state index in [2.05, 4.69) is 0 Å². The Kier molecular flexibility index (Phi) is 3.91. The van der Waals surface area contributed by atoms with Crippen LogP contribution in [0.1, 0.15) is 36.2 Å². The summed E-state index contributed by atoms with van der Waals surface area (Å²) in [4.78, 5) is 11.6. The van der Waals surface area contributed by atoms with Gasteiger partial charge in [0.25, 0.3) is 0 Å². The molecule has 0 saturated heterocycles. The van der Waals surface area contributed by atoms with Crippen LogP contribution in [-0.4, -0.2) is 5.78 Å². The molecule has 0 spiro atoms. The van der Waals surface area contributed by atoms with Crippen LogP contribution < -0.4 is 0 Å². The van der Waals surface area contributed by atoms with E-state index in [9.17, 15) is 22.4 Å². The van der Waals surface area contributed by atoms with Gasteiger partial charge in [0.15, 0.2) is 5.78 Å². The number of carbonyl (C=O) groups excluding carboxylic acids is 1. The minimum absolute atomic E-state index is 0.0233. The molecule has 1 atom stereocenters. The number of hydrogen-bond donors (Lipinski definition) is 0. The van der Waals surface area contributed by atoms with Crippen molar-refractivity contribution in [2.24, 2.45) is 5.92 Å². The third kappa shape index (κ3) is 3.05. The molecule has 0 fully saturated rings. The van der Waals surface area contributed by atoms with E-state index in [4.69, 9.17) is 0 Å². The fraction of sp³-hybridized carbons (Fsp3) is 0.417. The van der Waals surface area contributed by atoms with Crippen molar-refractivity contribution in [2.75, 3.05) is 0 Å². The number of halogens is 4. The zero-order valence-electron chi connectivity index (χ0n) is 9.44. The first-order chi connectivity index (χ1) is 7.77. The highest BCUT2D eigenvalue weighted by molar-refractivity contribution is 5.97. The average Bonchev–Trinajstić information content (AvgIpc) is 2.25. The second-order valence-electron chi connectivity index (χ2n) is 3.87. The van der Waals surface area contributed by atoms with Crippen LogP contribution in [0.2, 0.25) is 0 Å². The fourth-order valence-corrected chi connectivity index (χ4v) is 1.37. The van der Waals surface area contributed by atoms with E-state index < -0.39 is 17.6 Å². The van der Waals surface area contributed by atoms with Crippen molar-refractivity contribution < 1.29 is 22.4 Å². The van der Waals surface area contributed by atoms with Gasteiger partial charge in [0, 0.05) is 11.5 Å². The van der Waals surface area contributed by atoms with E-state index in [-0.39, 0.29) is 17.3 Å². The van der Waals surface area contributed by atoms with Gasteiger partial charge in [-0.2, -0.15) is 13.2 Å². The molecule has 5 heteroatoms. The number of carbonyl (C=O) groups is 1. The van der Waals surface area contributed by atoms with Crippen LogP contribution in [0.3, 0.4) is 0 Å². The van der Waals surface area contributed by atoms with Crippen LogP contribution in [0.25, 0.3) is 0 Å². The van der Waals surface area contributed by atoms with Gasteiger partial charge in [0.1, 0.15) is 5.82 Å². The largest absolute Gasteiger partial charge is 0.419 e. The summed E-state index contributed by atoms with van der Waals surface area (Å²) in [5.74, 6) is -2.09. The minimum atomic E-state index is -4.73. The van der Waals surface area contributed by atoms with Gasteiger partial charge in [0.2, 0.25) is 0 Å². The molecule has 0 aliphatic heterocycles. The molecule has 1 unspecified atom stereocenters. The number of hydrogen-bond acceptors (Lipinski definition) is 1. The first-order valence-electron chi connectivity index (χ1n) is 5.18. The molecule has 1 aromatic carbocycles. The van der Waals surface area contributed by atoms with Gasteiger partial charge in [-0.1, -0.05) is 19.9 Å². The highest BCUT2D eigenvalue weighted by atomic mass is 19.4. The third-order valence-electron chi connectivity index (χ3n) is 2.62. The van der Waals surface area contributed by atoms with Crippen LogP contribution >= 0.6 is 0 Å². The summed E-state index contributed by atoms with van der Waals surface area (Å²) < 4.78 is 50.0. The van der Waals surface area contributed by atoms with E-state index in [1.165, 1.54) is 0 Å². The van der Waals surface area contributed by atoms with Crippen molar-refractivity contribution in [1.29, 1.82) is 0 Å². The molecule has 0 heterocycles. The van der Waals surface area contributed by atoms with E-state index in [1.807, 2.05) is 0 Å². The maximum atomic E-state index is 13.2. The van der Waals surface area contributed by atoms with Gasteiger partial charge in [-0.15, -0.1) is 0 Å². The van der Waals surface area contributed by atoms with E-state index in [0.29, 0.717) is 18.6 Å². The number of rotatable bonds is 3. The predicted molar refractivity (Wildman–Crippen MR) is 55.2 cm³/mol. The van der Waals surface area contributed by atoms with Crippen molar-refractivity contribution >= 4 is 5.78 Å². The van der Waals surface area contributed by atoms with Crippen molar-refractivity contribution in [3.8, 4) is 0 Å². The van der Waals surface area contributed by atoms with Crippen LogP contribution in [0.15, 0.2) is 18.2 Å². The smallest absolute Gasteiger partial charge is 0.294 e. The second kappa shape index (κ2) is 4.85. The molecule has 1 rings (SSSR count). The Bertz CT molecular complexity index is 423. The van der Waals surface area contributed by atoms with Crippen LogP contribution in [0.5, 0.6) is 0 Å². The average molecular weight is 248 g/mol. The second-order valence-corrected chi connectivity index (χ2v) is 3.87. The molecule has 94 valence electrons. The van der Waals surface area contributed by atoms with Crippen molar-refractivity contribution in [2.45, 2.75) is 26.4 Å². The first kappa shape index (κ1) is 13.7. The Morgan fingerprint density at radius 1 is 1.35 bits per heavy atom. The minimum Gasteiger partial charge on any atom is -0.294 e. The molecule has 0 aliphatic rings. The van der Waals surface area contributed by atoms with Crippen LogP contribution in [-0.2, 0) is 6.18 Å². The van der Waals surface area contributed by atoms with E-state index >= 15 is 0 Å². The Labute approximate surface area is 96.4 Å². The summed E-state index contributed by atoms with van der Waals surface area (Å²) in [5, 5.41) is 0. The highest BCUT2D eigenvalue weighted by Crippen LogP contribution is 2.31. The number of benzene rings is 1. The van der Waals surface area contributed by atoms with Gasteiger partial charge in [0.05, 0.1) is 5.56 Å². The molecule has 1 nitrogen and oxygen atoms in total. The Morgan fingerprint density at radius 3 is 2.35 bits per heavy atom. The number of alkyl halides is 3. The van der Waals surface area contributed by atoms with Gasteiger partial charge in [-0.25, -0.2) is 4.39 Å². The molecule has 0 bridgehead atoms.